The van der Waals surface area contributed by atoms with Crippen LogP contribution in [0.2, 0.25) is 0 Å². The minimum Gasteiger partial charge on any atom is -0.497 e. The molecule has 0 aliphatic rings. The molecule has 1 unspecified atom stereocenters. The quantitative estimate of drug-likeness (QED) is 0.686. The molecule has 1 aromatic rings. The molecule has 0 spiro atoms. The average Bonchev–Trinajstić information content (AvgIpc) is 2.38. The standard InChI is InChI=1S/C14H23NO3/c1-10(2)13(9-16)15-8-14(17)11-5-4-6-12(7-11)18-3/h4-7,10,13-17H,8-9H2,1-3H3/t13-,14?/m1/s1. The van der Waals surface area contributed by atoms with Crippen molar-refractivity contribution in [3.8, 4) is 5.75 Å². The average molecular weight is 253 g/mol. The van der Waals surface area contributed by atoms with Crippen molar-refractivity contribution >= 4 is 0 Å². The lowest BCUT2D eigenvalue weighted by molar-refractivity contribution is 0.148. The lowest BCUT2D eigenvalue weighted by Gasteiger charge is -2.22. The van der Waals surface area contributed by atoms with Crippen molar-refractivity contribution in [2.45, 2.75) is 26.0 Å². The highest BCUT2D eigenvalue weighted by molar-refractivity contribution is 5.29. The molecule has 0 heterocycles. The third-order valence-corrected chi connectivity index (χ3v) is 3.05. The molecule has 2 atom stereocenters. The number of hydrogen-bond acceptors (Lipinski definition) is 4. The van der Waals surface area contributed by atoms with Crippen LogP contribution in [0.4, 0.5) is 0 Å². The van der Waals surface area contributed by atoms with Crippen LogP contribution in [-0.4, -0.2) is 36.5 Å². The minimum atomic E-state index is -0.604. The fraction of sp³-hybridized carbons (Fsp3) is 0.571. The summed E-state index contributed by atoms with van der Waals surface area (Å²) in [6.45, 7) is 4.55. The van der Waals surface area contributed by atoms with Crippen LogP contribution >= 0.6 is 0 Å². The van der Waals surface area contributed by atoms with Gasteiger partial charge in [-0.1, -0.05) is 26.0 Å². The molecule has 0 aliphatic heterocycles. The molecule has 1 rings (SSSR count). The van der Waals surface area contributed by atoms with Crippen molar-refractivity contribution in [3.63, 3.8) is 0 Å². The van der Waals surface area contributed by atoms with Gasteiger partial charge in [-0.25, -0.2) is 0 Å². The highest BCUT2D eigenvalue weighted by Crippen LogP contribution is 2.18. The Bertz CT molecular complexity index is 355. The number of aliphatic hydroxyl groups is 2. The molecule has 4 heteroatoms. The molecule has 0 aliphatic carbocycles. The van der Waals surface area contributed by atoms with Crippen LogP contribution in [0.25, 0.3) is 0 Å². The first kappa shape index (κ1) is 15.0. The predicted molar refractivity (Wildman–Crippen MR) is 71.7 cm³/mol. The molecule has 3 N–H and O–H groups in total. The van der Waals surface area contributed by atoms with E-state index in [0.717, 1.165) is 11.3 Å². The maximum absolute atomic E-state index is 10.1. The minimum absolute atomic E-state index is 0.00487. The van der Waals surface area contributed by atoms with Crippen LogP contribution in [-0.2, 0) is 0 Å². The molecule has 0 aromatic heterocycles. The van der Waals surface area contributed by atoms with Crippen molar-refractivity contribution in [1.29, 1.82) is 0 Å². The largest absolute Gasteiger partial charge is 0.497 e. The third-order valence-electron chi connectivity index (χ3n) is 3.05. The Morgan fingerprint density at radius 2 is 2.06 bits per heavy atom. The molecule has 0 amide bonds. The third kappa shape index (κ3) is 4.29. The zero-order valence-corrected chi connectivity index (χ0v) is 11.3. The van der Waals surface area contributed by atoms with Crippen LogP contribution in [0.1, 0.15) is 25.5 Å². The summed E-state index contributed by atoms with van der Waals surface area (Å²) in [6, 6.07) is 7.37. The number of ether oxygens (including phenoxy) is 1. The summed E-state index contributed by atoms with van der Waals surface area (Å²) in [5.74, 6) is 1.06. The molecule has 0 bridgehead atoms. The molecular formula is C14H23NO3. The van der Waals surface area contributed by atoms with Crippen LogP contribution < -0.4 is 10.1 Å². The van der Waals surface area contributed by atoms with Crippen molar-refractivity contribution in [3.05, 3.63) is 29.8 Å². The Hall–Kier alpha value is -1.10. The summed E-state index contributed by atoms with van der Waals surface area (Å²) in [7, 11) is 1.60. The molecule has 4 nitrogen and oxygen atoms in total. The van der Waals surface area contributed by atoms with E-state index in [1.807, 2.05) is 38.1 Å². The summed E-state index contributed by atoms with van der Waals surface area (Å²) >= 11 is 0. The van der Waals surface area contributed by atoms with Crippen molar-refractivity contribution in [1.82, 2.24) is 5.32 Å². The normalized spacial score (nSPS) is 14.6. The van der Waals surface area contributed by atoms with Crippen molar-refractivity contribution in [2.24, 2.45) is 5.92 Å². The van der Waals surface area contributed by atoms with Crippen LogP contribution in [0, 0.1) is 5.92 Å². The van der Waals surface area contributed by atoms with Crippen molar-refractivity contribution in [2.75, 3.05) is 20.3 Å². The second-order valence-electron chi connectivity index (χ2n) is 4.73. The second kappa shape index (κ2) is 7.36. The fourth-order valence-corrected chi connectivity index (χ4v) is 1.74. The number of benzene rings is 1. The molecule has 0 saturated carbocycles. The van der Waals surface area contributed by atoms with E-state index in [4.69, 9.17) is 4.74 Å². The monoisotopic (exact) mass is 253 g/mol. The van der Waals surface area contributed by atoms with Crippen LogP contribution in [0.15, 0.2) is 24.3 Å². The van der Waals surface area contributed by atoms with E-state index >= 15 is 0 Å². The van der Waals surface area contributed by atoms with Gasteiger partial charge in [-0.3, -0.25) is 0 Å². The van der Waals surface area contributed by atoms with Gasteiger partial charge in [0, 0.05) is 12.6 Å². The first-order valence-corrected chi connectivity index (χ1v) is 6.24. The maximum atomic E-state index is 10.1. The SMILES string of the molecule is COc1cccc(C(O)CN[C@H](CO)C(C)C)c1. The Kier molecular flexibility index (Phi) is 6.12. The van der Waals surface area contributed by atoms with E-state index < -0.39 is 6.10 Å². The zero-order chi connectivity index (χ0) is 13.5. The first-order chi connectivity index (χ1) is 8.58. The first-order valence-electron chi connectivity index (χ1n) is 6.24. The van der Waals surface area contributed by atoms with E-state index in [-0.39, 0.29) is 12.6 Å². The van der Waals surface area contributed by atoms with E-state index in [1.165, 1.54) is 0 Å². The molecule has 1 aromatic carbocycles. The van der Waals surface area contributed by atoms with Crippen molar-refractivity contribution < 1.29 is 14.9 Å². The Balaban J connectivity index is 2.56. The van der Waals surface area contributed by atoms with Gasteiger partial charge in [0.2, 0.25) is 0 Å². The molecule has 0 radical (unpaired) electrons. The van der Waals surface area contributed by atoms with Gasteiger partial charge in [-0.15, -0.1) is 0 Å². The smallest absolute Gasteiger partial charge is 0.119 e. The summed E-state index contributed by atoms with van der Waals surface area (Å²) < 4.78 is 5.12. The highest BCUT2D eigenvalue weighted by atomic mass is 16.5. The van der Waals surface area contributed by atoms with Gasteiger partial charge in [0.05, 0.1) is 19.8 Å². The molecule has 0 saturated heterocycles. The lowest BCUT2D eigenvalue weighted by Crippen LogP contribution is -2.39. The molecule has 18 heavy (non-hydrogen) atoms. The number of nitrogens with one attached hydrogen (secondary N) is 1. The lowest BCUT2D eigenvalue weighted by atomic mass is 10.0. The van der Waals surface area contributed by atoms with Gasteiger partial charge in [0.1, 0.15) is 5.75 Å². The Morgan fingerprint density at radius 3 is 2.61 bits per heavy atom. The van der Waals surface area contributed by atoms with Gasteiger partial charge in [0.25, 0.3) is 0 Å². The molecule has 102 valence electrons. The maximum Gasteiger partial charge on any atom is 0.119 e. The van der Waals surface area contributed by atoms with Gasteiger partial charge < -0.3 is 20.3 Å². The predicted octanol–water partition coefficient (Wildman–Crippen LogP) is 1.34. The Morgan fingerprint density at radius 1 is 1.33 bits per heavy atom. The number of methoxy groups -OCH3 is 1. The molecule has 0 fully saturated rings. The van der Waals surface area contributed by atoms with Gasteiger partial charge in [-0.2, -0.15) is 0 Å². The number of aliphatic hydroxyl groups excluding tert-OH is 2. The summed E-state index contributed by atoms with van der Waals surface area (Å²) in [4.78, 5) is 0. The van der Waals surface area contributed by atoms with Gasteiger partial charge >= 0.3 is 0 Å². The Labute approximate surface area is 109 Å². The van der Waals surface area contributed by atoms with Gasteiger partial charge in [0.15, 0.2) is 0 Å². The second-order valence-corrected chi connectivity index (χ2v) is 4.73. The topological polar surface area (TPSA) is 61.7 Å². The summed E-state index contributed by atoms with van der Waals surface area (Å²) in [6.07, 6.45) is -0.604. The summed E-state index contributed by atoms with van der Waals surface area (Å²) in [5, 5.41) is 22.4. The molecular weight excluding hydrogens is 230 g/mol. The van der Waals surface area contributed by atoms with E-state index in [2.05, 4.69) is 5.32 Å². The highest BCUT2D eigenvalue weighted by Gasteiger charge is 2.14. The van der Waals surface area contributed by atoms with E-state index in [1.54, 1.807) is 7.11 Å². The number of rotatable bonds is 7. The van der Waals surface area contributed by atoms with Crippen LogP contribution in [0.3, 0.4) is 0 Å². The summed E-state index contributed by atoms with van der Waals surface area (Å²) in [5.41, 5.74) is 0.808. The fourth-order valence-electron chi connectivity index (χ4n) is 1.74. The van der Waals surface area contributed by atoms with Gasteiger partial charge in [-0.05, 0) is 23.6 Å². The van der Waals surface area contributed by atoms with E-state index in [0.29, 0.717) is 12.5 Å². The number of hydrogen-bond donors (Lipinski definition) is 3. The van der Waals surface area contributed by atoms with Crippen LogP contribution in [0.5, 0.6) is 5.75 Å². The van der Waals surface area contributed by atoms with E-state index in [9.17, 15) is 10.2 Å². The zero-order valence-electron chi connectivity index (χ0n) is 11.3.